The van der Waals surface area contributed by atoms with Crippen molar-refractivity contribution in [2.75, 3.05) is 10.6 Å². The molecule has 2 N–H and O–H groups in total. The van der Waals surface area contributed by atoms with E-state index in [1.807, 2.05) is 45.0 Å². The van der Waals surface area contributed by atoms with Gasteiger partial charge in [0.1, 0.15) is 0 Å². The number of hydrogen-bond acceptors (Lipinski definition) is 2. The Kier molecular flexibility index (Phi) is 6.13. The van der Waals surface area contributed by atoms with Crippen molar-refractivity contribution >= 4 is 23.2 Å². The van der Waals surface area contributed by atoms with Gasteiger partial charge in [-0.1, -0.05) is 38.1 Å². The largest absolute Gasteiger partial charge is 0.326 e. The Labute approximate surface area is 143 Å². The Hall–Kier alpha value is -2.62. The first-order valence-corrected chi connectivity index (χ1v) is 8.18. The van der Waals surface area contributed by atoms with Crippen molar-refractivity contribution in [2.45, 2.75) is 33.6 Å². The molecule has 0 heterocycles. The summed E-state index contributed by atoms with van der Waals surface area (Å²) in [5.41, 5.74) is 3.58. The van der Waals surface area contributed by atoms with Gasteiger partial charge in [0, 0.05) is 17.8 Å². The van der Waals surface area contributed by atoms with Gasteiger partial charge < -0.3 is 10.6 Å². The summed E-state index contributed by atoms with van der Waals surface area (Å²) in [6.07, 6.45) is 0.842. The lowest BCUT2D eigenvalue weighted by Crippen LogP contribution is -2.15. The van der Waals surface area contributed by atoms with Gasteiger partial charge in [0.15, 0.2) is 0 Å². The third kappa shape index (κ3) is 5.54. The van der Waals surface area contributed by atoms with Gasteiger partial charge in [-0.2, -0.15) is 0 Å². The summed E-state index contributed by atoms with van der Waals surface area (Å²) in [7, 11) is 0. The maximum absolute atomic E-state index is 12.1. The number of carbonyl (C=O) groups excluding carboxylic acids is 2. The van der Waals surface area contributed by atoms with Gasteiger partial charge in [-0.05, 0) is 48.2 Å². The number of anilines is 2. The predicted octanol–water partition coefficient (Wildman–Crippen LogP) is 4.16. The van der Waals surface area contributed by atoms with Crippen LogP contribution in [0, 0.1) is 12.8 Å². The van der Waals surface area contributed by atoms with E-state index in [1.54, 1.807) is 24.3 Å². The first kappa shape index (κ1) is 17.7. The zero-order valence-corrected chi connectivity index (χ0v) is 14.4. The monoisotopic (exact) mass is 324 g/mol. The summed E-state index contributed by atoms with van der Waals surface area (Å²) in [6.45, 7) is 6.01. The number of carbonyl (C=O) groups is 2. The zero-order valence-electron chi connectivity index (χ0n) is 14.4. The van der Waals surface area contributed by atoms with Crippen LogP contribution in [-0.2, 0) is 16.0 Å². The van der Waals surface area contributed by atoms with Crippen LogP contribution in [0.5, 0.6) is 0 Å². The van der Waals surface area contributed by atoms with Crippen molar-refractivity contribution in [3.05, 3.63) is 59.7 Å². The van der Waals surface area contributed by atoms with Crippen LogP contribution in [0.4, 0.5) is 11.4 Å². The third-order valence-electron chi connectivity index (χ3n) is 3.66. The summed E-state index contributed by atoms with van der Waals surface area (Å²) in [5, 5.41) is 5.73. The molecule has 0 bridgehead atoms. The second kappa shape index (κ2) is 8.29. The average Bonchev–Trinajstić information content (AvgIpc) is 2.51. The van der Waals surface area contributed by atoms with E-state index >= 15 is 0 Å². The molecule has 24 heavy (non-hydrogen) atoms. The van der Waals surface area contributed by atoms with Crippen LogP contribution >= 0.6 is 0 Å². The molecular formula is C20H24N2O2. The van der Waals surface area contributed by atoms with Crippen LogP contribution in [0.25, 0.3) is 0 Å². The number of rotatable bonds is 6. The molecule has 0 saturated carbocycles. The fraction of sp³-hybridized carbons (Fsp3) is 0.300. The molecule has 0 saturated heterocycles. The summed E-state index contributed by atoms with van der Waals surface area (Å²) in [6, 6.07) is 15.0. The van der Waals surface area contributed by atoms with E-state index in [1.165, 1.54) is 0 Å². The number of hydrogen-bond donors (Lipinski definition) is 2. The third-order valence-corrected chi connectivity index (χ3v) is 3.66. The first-order valence-electron chi connectivity index (χ1n) is 8.18. The van der Waals surface area contributed by atoms with Crippen molar-refractivity contribution < 1.29 is 9.59 Å². The van der Waals surface area contributed by atoms with Gasteiger partial charge in [-0.3, -0.25) is 9.59 Å². The molecule has 2 aromatic rings. The van der Waals surface area contributed by atoms with E-state index in [9.17, 15) is 9.59 Å². The minimum Gasteiger partial charge on any atom is -0.326 e. The van der Waals surface area contributed by atoms with Gasteiger partial charge in [0.05, 0.1) is 6.42 Å². The predicted molar refractivity (Wildman–Crippen MR) is 98.0 cm³/mol. The van der Waals surface area contributed by atoms with Crippen LogP contribution in [0.1, 0.15) is 31.4 Å². The number of nitrogens with one attached hydrogen (secondary N) is 2. The van der Waals surface area contributed by atoms with E-state index in [2.05, 4.69) is 10.6 Å². The first-order chi connectivity index (χ1) is 11.4. The van der Waals surface area contributed by atoms with Gasteiger partial charge in [0.25, 0.3) is 0 Å². The molecule has 0 spiro atoms. The molecule has 4 nitrogen and oxygen atoms in total. The molecule has 0 fully saturated rings. The van der Waals surface area contributed by atoms with Crippen molar-refractivity contribution in [1.29, 1.82) is 0 Å². The van der Waals surface area contributed by atoms with Crippen LogP contribution in [0.2, 0.25) is 0 Å². The molecule has 0 aromatic heterocycles. The van der Waals surface area contributed by atoms with Crippen LogP contribution in [0.15, 0.2) is 48.5 Å². The molecule has 0 aliphatic heterocycles. The van der Waals surface area contributed by atoms with E-state index in [4.69, 9.17) is 0 Å². The second-order valence-electron chi connectivity index (χ2n) is 6.37. The highest BCUT2D eigenvalue weighted by molar-refractivity contribution is 5.94. The van der Waals surface area contributed by atoms with Gasteiger partial charge in [-0.25, -0.2) is 0 Å². The van der Waals surface area contributed by atoms with Crippen molar-refractivity contribution in [3.8, 4) is 0 Å². The molecule has 2 amide bonds. The molecular weight excluding hydrogens is 300 g/mol. The lowest BCUT2D eigenvalue weighted by atomic mass is 10.1. The van der Waals surface area contributed by atoms with Crippen molar-refractivity contribution in [1.82, 2.24) is 0 Å². The quantitative estimate of drug-likeness (QED) is 0.838. The zero-order chi connectivity index (χ0) is 17.5. The van der Waals surface area contributed by atoms with Crippen LogP contribution in [0.3, 0.4) is 0 Å². The van der Waals surface area contributed by atoms with Gasteiger partial charge in [-0.15, -0.1) is 0 Å². The average molecular weight is 324 g/mol. The van der Waals surface area contributed by atoms with E-state index in [0.29, 0.717) is 18.8 Å². The Morgan fingerprint density at radius 1 is 0.875 bits per heavy atom. The minimum atomic E-state index is -0.0547. The van der Waals surface area contributed by atoms with Crippen molar-refractivity contribution in [3.63, 3.8) is 0 Å². The van der Waals surface area contributed by atoms with Crippen molar-refractivity contribution in [2.24, 2.45) is 5.92 Å². The molecule has 0 unspecified atom stereocenters. The fourth-order valence-electron chi connectivity index (χ4n) is 2.41. The summed E-state index contributed by atoms with van der Waals surface area (Å²) >= 11 is 0. The fourth-order valence-corrected chi connectivity index (χ4v) is 2.41. The standard InChI is InChI=1S/C20H24N2O2/c1-14(2)12-19(23)21-17-8-10-18(11-9-17)22-20(24)13-16-7-5-4-6-15(16)3/h4-11,14H,12-13H2,1-3H3,(H,21,23)(H,22,24). The maximum Gasteiger partial charge on any atom is 0.228 e. The molecule has 2 rings (SSSR count). The smallest absolute Gasteiger partial charge is 0.228 e. The maximum atomic E-state index is 12.1. The number of benzene rings is 2. The molecule has 0 atom stereocenters. The van der Waals surface area contributed by atoms with E-state index in [-0.39, 0.29) is 11.8 Å². The topological polar surface area (TPSA) is 58.2 Å². The van der Waals surface area contributed by atoms with Crippen LogP contribution < -0.4 is 10.6 Å². The summed E-state index contributed by atoms with van der Waals surface area (Å²) < 4.78 is 0. The minimum absolute atomic E-state index is 0.00124. The van der Waals surface area contributed by atoms with Gasteiger partial charge in [0.2, 0.25) is 11.8 Å². The lowest BCUT2D eigenvalue weighted by molar-refractivity contribution is -0.117. The summed E-state index contributed by atoms with van der Waals surface area (Å²) in [5.74, 6) is 0.271. The second-order valence-corrected chi connectivity index (χ2v) is 6.37. The highest BCUT2D eigenvalue weighted by Crippen LogP contribution is 2.15. The normalized spacial score (nSPS) is 10.5. The highest BCUT2D eigenvalue weighted by atomic mass is 16.2. The van der Waals surface area contributed by atoms with Gasteiger partial charge >= 0.3 is 0 Å². The molecule has 0 radical (unpaired) electrons. The molecule has 126 valence electrons. The Balaban J connectivity index is 1.90. The highest BCUT2D eigenvalue weighted by Gasteiger charge is 2.07. The molecule has 0 aliphatic carbocycles. The van der Waals surface area contributed by atoms with E-state index < -0.39 is 0 Å². The molecule has 4 heteroatoms. The number of amides is 2. The number of aryl methyl sites for hydroxylation is 1. The Morgan fingerprint density at radius 3 is 1.96 bits per heavy atom. The molecule has 0 aliphatic rings. The Bertz CT molecular complexity index is 706. The SMILES string of the molecule is Cc1ccccc1CC(=O)Nc1ccc(NC(=O)CC(C)C)cc1. The summed E-state index contributed by atoms with van der Waals surface area (Å²) in [4.78, 5) is 23.9. The van der Waals surface area contributed by atoms with E-state index in [0.717, 1.165) is 22.5 Å². The van der Waals surface area contributed by atoms with Crippen LogP contribution in [-0.4, -0.2) is 11.8 Å². The Morgan fingerprint density at radius 2 is 1.42 bits per heavy atom. The lowest BCUT2D eigenvalue weighted by Gasteiger charge is -2.10. The molecule has 2 aromatic carbocycles.